The van der Waals surface area contributed by atoms with E-state index in [2.05, 4.69) is 6.58 Å². The van der Waals surface area contributed by atoms with Gasteiger partial charge in [0, 0.05) is 13.1 Å². The van der Waals surface area contributed by atoms with Crippen LogP contribution in [-0.4, -0.2) is 32.4 Å². The van der Waals surface area contributed by atoms with Gasteiger partial charge in [0.25, 0.3) is 0 Å². The molecular weight excluding hydrogens is 413 g/mol. The molecule has 8 heteroatoms. The van der Waals surface area contributed by atoms with Gasteiger partial charge >= 0.3 is 6.18 Å². The first kappa shape index (κ1) is 24.9. The number of allylic oxidation sites excluding steroid dienone is 1. The van der Waals surface area contributed by atoms with Gasteiger partial charge in [-0.05, 0) is 87.6 Å². The van der Waals surface area contributed by atoms with Crippen molar-refractivity contribution >= 4 is 10.0 Å². The molecule has 0 aromatic heterocycles. The summed E-state index contributed by atoms with van der Waals surface area (Å²) in [4.78, 5) is -0.105. The fourth-order valence-electron chi connectivity index (χ4n) is 4.43. The van der Waals surface area contributed by atoms with Crippen LogP contribution in [0.15, 0.2) is 41.8 Å². The maximum absolute atomic E-state index is 12.9. The number of sulfonamides is 1. The molecule has 1 aliphatic rings. The van der Waals surface area contributed by atoms with E-state index < -0.39 is 21.8 Å². The summed E-state index contributed by atoms with van der Waals surface area (Å²) >= 11 is 0. The Morgan fingerprint density at radius 2 is 1.77 bits per heavy atom. The van der Waals surface area contributed by atoms with Gasteiger partial charge < -0.3 is 5.73 Å². The molecular formula is C22H33F3N2O2S. The van der Waals surface area contributed by atoms with Gasteiger partial charge in [-0.15, -0.1) is 6.58 Å². The second-order valence-corrected chi connectivity index (χ2v) is 10.2. The first-order valence-corrected chi connectivity index (χ1v) is 12.0. The van der Waals surface area contributed by atoms with Gasteiger partial charge in [-0.3, -0.25) is 0 Å². The summed E-state index contributed by atoms with van der Waals surface area (Å²) < 4.78 is 65.4. The third-order valence-electron chi connectivity index (χ3n) is 6.28. The summed E-state index contributed by atoms with van der Waals surface area (Å²) in [5.41, 5.74) is 4.74. The number of unbranched alkanes of at least 4 members (excludes halogenated alkanes) is 1. The highest BCUT2D eigenvalue weighted by Gasteiger charge is 2.35. The van der Waals surface area contributed by atoms with Gasteiger partial charge in [-0.2, -0.15) is 17.5 Å². The van der Waals surface area contributed by atoms with Crippen molar-refractivity contribution in [3.63, 3.8) is 0 Å². The van der Waals surface area contributed by atoms with Gasteiger partial charge in [-0.1, -0.05) is 12.5 Å². The number of nitrogens with two attached hydrogens (primary N) is 1. The SMILES string of the molecule is C=CCC(CCCCN)C1CCC(N(C)S(=O)(=O)c2ccc(C(F)(F)F)cc2)CC1. The Labute approximate surface area is 178 Å². The summed E-state index contributed by atoms with van der Waals surface area (Å²) in [6.45, 7) is 4.57. The summed E-state index contributed by atoms with van der Waals surface area (Å²) in [6.07, 6.45) is 5.04. The largest absolute Gasteiger partial charge is 0.416 e. The lowest BCUT2D eigenvalue weighted by Gasteiger charge is -2.37. The van der Waals surface area contributed by atoms with E-state index in [4.69, 9.17) is 5.73 Å². The zero-order chi connectivity index (χ0) is 22.4. The quantitative estimate of drug-likeness (QED) is 0.397. The predicted octanol–water partition coefficient (Wildman–Crippen LogP) is 5.21. The van der Waals surface area contributed by atoms with Crippen molar-refractivity contribution in [3.05, 3.63) is 42.5 Å². The van der Waals surface area contributed by atoms with E-state index >= 15 is 0 Å². The van der Waals surface area contributed by atoms with E-state index in [0.29, 0.717) is 18.4 Å². The van der Waals surface area contributed by atoms with Crippen LogP contribution in [0.1, 0.15) is 56.9 Å². The summed E-state index contributed by atoms with van der Waals surface area (Å²) in [5.74, 6) is 1.09. The zero-order valence-electron chi connectivity index (χ0n) is 17.6. The molecule has 0 aliphatic heterocycles. The molecule has 0 amide bonds. The zero-order valence-corrected chi connectivity index (χ0v) is 18.4. The van der Waals surface area contributed by atoms with Crippen molar-refractivity contribution in [1.29, 1.82) is 0 Å². The molecule has 2 N–H and O–H groups in total. The molecule has 1 aliphatic carbocycles. The molecule has 1 aromatic rings. The van der Waals surface area contributed by atoms with Crippen molar-refractivity contribution < 1.29 is 21.6 Å². The Bertz CT molecular complexity index is 771. The maximum atomic E-state index is 12.9. The van der Waals surface area contributed by atoms with Gasteiger partial charge in [0.15, 0.2) is 0 Å². The van der Waals surface area contributed by atoms with Crippen molar-refractivity contribution in [3.8, 4) is 0 Å². The fraction of sp³-hybridized carbons (Fsp3) is 0.636. The summed E-state index contributed by atoms with van der Waals surface area (Å²) in [5, 5.41) is 0. The molecule has 0 spiro atoms. The summed E-state index contributed by atoms with van der Waals surface area (Å²) in [6, 6.07) is 3.58. The molecule has 1 aromatic carbocycles. The van der Waals surface area contributed by atoms with Gasteiger partial charge in [-0.25, -0.2) is 8.42 Å². The molecule has 4 nitrogen and oxygen atoms in total. The molecule has 30 heavy (non-hydrogen) atoms. The van der Waals surface area contributed by atoms with Gasteiger partial charge in [0.05, 0.1) is 10.5 Å². The maximum Gasteiger partial charge on any atom is 0.416 e. The Morgan fingerprint density at radius 1 is 1.17 bits per heavy atom. The third kappa shape index (κ3) is 6.31. The molecule has 2 rings (SSSR count). The lowest BCUT2D eigenvalue weighted by Crippen LogP contribution is -2.40. The second kappa shape index (κ2) is 10.8. The molecule has 1 unspecified atom stereocenters. The molecule has 0 heterocycles. The Balaban J connectivity index is 2.01. The minimum Gasteiger partial charge on any atom is -0.330 e. The minimum atomic E-state index is -4.49. The smallest absolute Gasteiger partial charge is 0.330 e. The van der Waals surface area contributed by atoms with E-state index in [9.17, 15) is 21.6 Å². The molecule has 1 fully saturated rings. The fourth-order valence-corrected chi connectivity index (χ4v) is 5.84. The van der Waals surface area contributed by atoms with Crippen LogP contribution in [0.3, 0.4) is 0 Å². The van der Waals surface area contributed by atoms with Crippen LogP contribution >= 0.6 is 0 Å². The normalized spacial score (nSPS) is 21.5. The van der Waals surface area contributed by atoms with E-state index in [0.717, 1.165) is 75.6 Å². The van der Waals surface area contributed by atoms with Crippen molar-refractivity contribution in [2.45, 2.75) is 68.5 Å². The highest BCUT2D eigenvalue weighted by Crippen LogP contribution is 2.37. The number of benzene rings is 1. The van der Waals surface area contributed by atoms with Crippen molar-refractivity contribution in [2.24, 2.45) is 17.6 Å². The van der Waals surface area contributed by atoms with Crippen LogP contribution in [0.25, 0.3) is 0 Å². The van der Waals surface area contributed by atoms with E-state index in [1.807, 2.05) is 6.08 Å². The Kier molecular flexibility index (Phi) is 8.94. The number of halogens is 3. The van der Waals surface area contributed by atoms with Crippen LogP contribution in [0.4, 0.5) is 13.2 Å². The van der Waals surface area contributed by atoms with Crippen LogP contribution in [0, 0.1) is 11.8 Å². The van der Waals surface area contributed by atoms with Gasteiger partial charge in [0.1, 0.15) is 0 Å². The highest BCUT2D eigenvalue weighted by atomic mass is 32.2. The topological polar surface area (TPSA) is 63.4 Å². The Morgan fingerprint density at radius 3 is 2.27 bits per heavy atom. The van der Waals surface area contributed by atoms with Crippen LogP contribution < -0.4 is 5.73 Å². The molecule has 170 valence electrons. The first-order chi connectivity index (χ1) is 14.1. The third-order valence-corrected chi connectivity index (χ3v) is 8.20. The molecule has 1 saturated carbocycles. The molecule has 0 radical (unpaired) electrons. The molecule has 0 saturated heterocycles. The predicted molar refractivity (Wildman–Crippen MR) is 113 cm³/mol. The number of alkyl halides is 3. The molecule has 1 atom stereocenters. The van der Waals surface area contributed by atoms with Crippen LogP contribution in [0.2, 0.25) is 0 Å². The average molecular weight is 447 g/mol. The van der Waals surface area contributed by atoms with Crippen LogP contribution in [0.5, 0.6) is 0 Å². The van der Waals surface area contributed by atoms with Crippen molar-refractivity contribution in [1.82, 2.24) is 4.31 Å². The van der Waals surface area contributed by atoms with Crippen LogP contribution in [-0.2, 0) is 16.2 Å². The summed E-state index contributed by atoms with van der Waals surface area (Å²) in [7, 11) is -2.30. The second-order valence-electron chi connectivity index (χ2n) is 8.18. The standard InChI is InChI=1S/C22H33F3N2O2S/c1-3-6-17(7-4-5-16-26)18-8-12-20(13-9-18)27(2)30(28,29)21-14-10-19(11-15-21)22(23,24)25/h3,10-11,14-15,17-18,20H,1,4-9,12-13,16,26H2,2H3. The monoisotopic (exact) mass is 446 g/mol. The Hall–Kier alpha value is -1.38. The van der Waals surface area contributed by atoms with E-state index in [1.54, 1.807) is 0 Å². The lowest BCUT2D eigenvalue weighted by atomic mass is 9.75. The number of nitrogens with zero attached hydrogens (tertiary/aromatic N) is 1. The minimum absolute atomic E-state index is 0.105. The van der Waals surface area contributed by atoms with Crippen molar-refractivity contribution in [2.75, 3.05) is 13.6 Å². The molecule has 0 bridgehead atoms. The average Bonchev–Trinajstić information content (AvgIpc) is 2.72. The first-order valence-electron chi connectivity index (χ1n) is 10.6. The van der Waals surface area contributed by atoms with E-state index in [-0.39, 0.29) is 10.9 Å². The number of hydrogen-bond donors (Lipinski definition) is 1. The van der Waals surface area contributed by atoms with Gasteiger partial charge in [0.2, 0.25) is 10.0 Å². The lowest BCUT2D eigenvalue weighted by molar-refractivity contribution is -0.137. The number of hydrogen-bond acceptors (Lipinski definition) is 3. The number of rotatable bonds is 10. The highest BCUT2D eigenvalue weighted by molar-refractivity contribution is 7.89. The van der Waals surface area contributed by atoms with E-state index in [1.165, 1.54) is 11.4 Å².